The number of aliphatic hydroxyl groups excluding tert-OH is 1. The van der Waals surface area contributed by atoms with E-state index in [1.165, 1.54) is 30.5 Å². The molecule has 0 bridgehead atoms. The number of halogens is 1. The first kappa shape index (κ1) is 15.2. The van der Waals surface area contributed by atoms with E-state index in [1.54, 1.807) is 12.1 Å². The van der Waals surface area contributed by atoms with Gasteiger partial charge in [0.05, 0.1) is 6.61 Å². The van der Waals surface area contributed by atoms with Crippen LogP contribution in [0.5, 0.6) is 0 Å². The summed E-state index contributed by atoms with van der Waals surface area (Å²) in [6.07, 6.45) is 3.51. The zero-order valence-corrected chi connectivity index (χ0v) is 12.7. The van der Waals surface area contributed by atoms with Gasteiger partial charge in [0.1, 0.15) is 5.82 Å². The number of hydrogen-bond donors (Lipinski definition) is 1. The number of rotatable bonds is 4. The van der Waals surface area contributed by atoms with E-state index >= 15 is 0 Å². The lowest BCUT2D eigenvalue weighted by Gasteiger charge is -2.34. The monoisotopic (exact) mass is 299 g/mol. The fraction of sp³-hybridized carbons (Fsp3) is 0.368. The minimum Gasteiger partial charge on any atom is -0.395 e. The van der Waals surface area contributed by atoms with Gasteiger partial charge in [0.25, 0.3) is 0 Å². The summed E-state index contributed by atoms with van der Waals surface area (Å²) in [5, 5.41) is 9.48. The van der Waals surface area contributed by atoms with Gasteiger partial charge < -0.3 is 5.11 Å². The Hall–Kier alpha value is -1.71. The molecule has 0 aromatic heterocycles. The molecule has 1 aliphatic heterocycles. The molecule has 1 fully saturated rings. The molecule has 116 valence electrons. The second-order valence-electron chi connectivity index (χ2n) is 6.01. The molecule has 0 amide bonds. The number of nitrogens with zero attached hydrogens (tertiary/aromatic N) is 1. The molecule has 0 radical (unpaired) electrons. The molecule has 3 heteroatoms. The Bertz CT molecular complexity index is 594. The molecule has 1 heterocycles. The maximum absolute atomic E-state index is 13.0. The van der Waals surface area contributed by atoms with Gasteiger partial charge in [-0.25, -0.2) is 4.39 Å². The first-order valence-corrected chi connectivity index (χ1v) is 7.96. The second-order valence-corrected chi connectivity index (χ2v) is 6.01. The zero-order valence-electron chi connectivity index (χ0n) is 12.7. The predicted octanol–water partition coefficient (Wildman–Crippen LogP) is 3.84. The molecule has 0 spiro atoms. The Labute approximate surface area is 131 Å². The van der Waals surface area contributed by atoms with Crippen LogP contribution in [0, 0.1) is 5.82 Å². The van der Waals surface area contributed by atoms with E-state index in [2.05, 4.69) is 29.2 Å². The van der Waals surface area contributed by atoms with Gasteiger partial charge in [0.15, 0.2) is 0 Å². The van der Waals surface area contributed by atoms with Crippen LogP contribution >= 0.6 is 0 Å². The zero-order chi connectivity index (χ0) is 15.4. The fourth-order valence-electron chi connectivity index (χ4n) is 3.15. The van der Waals surface area contributed by atoms with E-state index in [0.717, 1.165) is 30.6 Å². The number of likely N-dealkylation sites (tertiary alicyclic amines) is 1. The van der Waals surface area contributed by atoms with Gasteiger partial charge in [-0.15, -0.1) is 0 Å². The molecule has 1 saturated heterocycles. The van der Waals surface area contributed by atoms with Crippen LogP contribution in [0.1, 0.15) is 24.8 Å². The number of aliphatic hydroxyl groups is 1. The summed E-state index contributed by atoms with van der Waals surface area (Å²) >= 11 is 0. The minimum atomic E-state index is -0.208. The highest BCUT2D eigenvalue weighted by Crippen LogP contribution is 2.23. The molecule has 0 saturated carbocycles. The molecular weight excluding hydrogens is 277 g/mol. The van der Waals surface area contributed by atoms with Gasteiger partial charge in [-0.3, -0.25) is 4.90 Å². The first-order valence-electron chi connectivity index (χ1n) is 7.96. The van der Waals surface area contributed by atoms with E-state index in [9.17, 15) is 9.50 Å². The van der Waals surface area contributed by atoms with E-state index in [0.29, 0.717) is 6.04 Å². The predicted molar refractivity (Wildman–Crippen MR) is 87.0 cm³/mol. The number of hydrogen-bond acceptors (Lipinski definition) is 2. The molecule has 3 rings (SSSR count). The van der Waals surface area contributed by atoms with Gasteiger partial charge in [-0.1, -0.05) is 42.8 Å². The van der Waals surface area contributed by atoms with Crippen LogP contribution in [0.25, 0.3) is 11.1 Å². The summed E-state index contributed by atoms with van der Waals surface area (Å²) in [5.41, 5.74) is 3.38. The highest BCUT2D eigenvalue weighted by atomic mass is 19.1. The molecule has 2 nitrogen and oxygen atoms in total. The topological polar surface area (TPSA) is 23.5 Å². The maximum Gasteiger partial charge on any atom is 0.123 e. The Morgan fingerprint density at radius 3 is 2.23 bits per heavy atom. The molecule has 1 N–H and O–H groups in total. The van der Waals surface area contributed by atoms with Crippen molar-refractivity contribution in [2.45, 2.75) is 31.8 Å². The third-order valence-corrected chi connectivity index (χ3v) is 4.48. The van der Waals surface area contributed by atoms with Crippen molar-refractivity contribution in [1.82, 2.24) is 4.90 Å². The summed E-state index contributed by atoms with van der Waals surface area (Å²) in [4.78, 5) is 2.37. The largest absolute Gasteiger partial charge is 0.395 e. The van der Waals surface area contributed by atoms with Crippen molar-refractivity contribution in [3.63, 3.8) is 0 Å². The summed E-state index contributed by atoms with van der Waals surface area (Å²) < 4.78 is 13.0. The van der Waals surface area contributed by atoms with Gasteiger partial charge in [0, 0.05) is 12.6 Å². The van der Waals surface area contributed by atoms with Gasteiger partial charge in [0.2, 0.25) is 0 Å². The molecular formula is C19H22FNO. The van der Waals surface area contributed by atoms with Crippen LogP contribution in [-0.2, 0) is 6.54 Å². The van der Waals surface area contributed by atoms with Gasteiger partial charge in [-0.2, -0.15) is 0 Å². The standard InChI is InChI=1S/C19H22FNO/c20-18-10-8-17(9-11-18)16-6-4-15(5-7-16)13-21-12-2-1-3-19(21)14-22/h4-11,19,22H,1-3,12-14H2/t19-/m1/s1. The van der Waals surface area contributed by atoms with Gasteiger partial charge in [-0.05, 0) is 48.2 Å². The van der Waals surface area contributed by atoms with Crippen molar-refractivity contribution >= 4 is 0 Å². The number of benzene rings is 2. The SMILES string of the molecule is OC[C@H]1CCCCN1Cc1ccc(-c2ccc(F)cc2)cc1. The van der Waals surface area contributed by atoms with Crippen molar-refractivity contribution in [3.05, 3.63) is 59.9 Å². The van der Waals surface area contributed by atoms with Crippen LogP contribution in [0.3, 0.4) is 0 Å². The minimum absolute atomic E-state index is 0.208. The van der Waals surface area contributed by atoms with E-state index < -0.39 is 0 Å². The lowest BCUT2D eigenvalue weighted by atomic mass is 10.0. The molecule has 1 aliphatic rings. The van der Waals surface area contributed by atoms with Crippen molar-refractivity contribution in [2.75, 3.05) is 13.2 Å². The van der Waals surface area contributed by atoms with Crippen molar-refractivity contribution in [2.24, 2.45) is 0 Å². The smallest absolute Gasteiger partial charge is 0.123 e. The fourth-order valence-corrected chi connectivity index (χ4v) is 3.15. The normalized spacial score (nSPS) is 19.3. The summed E-state index contributed by atoms with van der Waals surface area (Å²) in [5.74, 6) is -0.208. The summed E-state index contributed by atoms with van der Waals surface area (Å²) in [6, 6.07) is 15.3. The average molecular weight is 299 g/mol. The maximum atomic E-state index is 13.0. The Morgan fingerprint density at radius 1 is 0.955 bits per heavy atom. The van der Waals surface area contributed by atoms with Crippen LogP contribution in [0.4, 0.5) is 4.39 Å². The third-order valence-electron chi connectivity index (χ3n) is 4.48. The van der Waals surface area contributed by atoms with Crippen LogP contribution in [0.15, 0.2) is 48.5 Å². The summed E-state index contributed by atoms with van der Waals surface area (Å²) in [6.45, 7) is 2.19. The average Bonchev–Trinajstić information content (AvgIpc) is 2.57. The third kappa shape index (κ3) is 3.54. The Morgan fingerprint density at radius 2 is 1.59 bits per heavy atom. The first-order chi connectivity index (χ1) is 10.8. The van der Waals surface area contributed by atoms with E-state index in [4.69, 9.17) is 0 Å². The van der Waals surface area contributed by atoms with E-state index in [-0.39, 0.29) is 12.4 Å². The molecule has 2 aromatic rings. The van der Waals surface area contributed by atoms with E-state index in [1.807, 2.05) is 0 Å². The van der Waals surface area contributed by atoms with Crippen LogP contribution in [0.2, 0.25) is 0 Å². The molecule has 22 heavy (non-hydrogen) atoms. The Kier molecular flexibility index (Phi) is 4.86. The molecule has 2 aromatic carbocycles. The highest BCUT2D eigenvalue weighted by molar-refractivity contribution is 5.63. The quantitative estimate of drug-likeness (QED) is 0.927. The lowest BCUT2D eigenvalue weighted by Crippen LogP contribution is -2.41. The van der Waals surface area contributed by atoms with Crippen LogP contribution < -0.4 is 0 Å². The highest BCUT2D eigenvalue weighted by Gasteiger charge is 2.21. The second kappa shape index (κ2) is 7.03. The lowest BCUT2D eigenvalue weighted by molar-refractivity contribution is 0.0841. The van der Waals surface area contributed by atoms with Gasteiger partial charge >= 0.3 is 0 Å². The van der Waals surface area contributed by atoms with Crippen LogP contribution in [-0.4, -0.2) is 29.2 Å². The van der Waals surface area contributed by atoms with Crippen molar-refractivity contribution < 1.29 is 9.50 Å². The van der Waals surface area contributed by atoms with Crippen molar-refractivity contribution in [1.29, 1.82) is 0 Å². The van der Waals surface area contributed by atoms with Crippen molar-refractivity contribution in [3.8, 4) is 11.1 Å². The summed E-state index contributed by atoms with van der Waals surface area (Å²) in [7, 11) is 0. The number of piperidine rings is 1. The molecule has 1 atom stereocenters. The Balaban J connectivity index is 1.70. The molecule has 0 unspecified atom stereocenters. The molecule has 0 aliphatic carbocycles.